The van der Waals surface area contributed by atoms with Crippen molar-refractivity contribution in [1.82, 2.24) is 9.69 Å². The Kier molecular flexibility index (Phi) is 5.27. The summed E-state index contributed by atoms with van der Waals surface area (Å²) >= 11 is 1.04. The number of hydrogen-bond acceptors (Lipinski definition) is 4. The van der Waals surface area contributed by atoms with E-state index in [1.54, 1.807) is 12.1 Å². The van der Waals surface area contributed by atoms with Crippen molar-refractivity contribution in [3.05, 3.63) is 35.0 Å². The van der Waals surface area contributed by atoms with Gasteiger partial charge in [-0.1, -0.05) is 31.9 Å². The van der Waals surface area contributed by atoms with E-state index in [-0.39, 0.29) is 11.7 Å². The Balaban J connectivity index is 2.11. The Labute approximate surface area is 127 Å². The van der Waals surface area contributed by atoms with Crippen LogP contribution in [-0.2, 0) is 0 Å². The average Bonchev–Trinajstić information content (AvgIpc) is 2.85. The first-order valence-electron chi connectivity index (χ1n) is 6.92. The highest BCUT2D eigenvalue weighted by molar-refractivity contribution is 7.09. The van der Waals surface area contributed by atoms with E-state index in [9.17, 15) is 9.18 Å². The summed E-state index contributed by atoms with van der Waals surface area (Å²) in [5, 5.41) is 2.83. The minimum absolute atomic E-state index is 0.219. The fourth-order valence-corrected chi connectivity index (χ4v) is 2.70. The van der Waals surface area contributed by atoms with Gasteiger partial charge in [-0.25, -0.2) is 4.39 Å². The summed E-state index contributed by atoms with van der Waals surface area (Å²) in [6.07, 6.45) is 3.12. The number of nitrogens with one attached hydrogen (secondary N) is 1. The standard InChI is InChI=1S/C15H18FN3OS/c1-2-3-4-8-18-15(20)14-12(17)13(19-21-14)10-6-5-7-11(16)9-10/h5-7,9H,2-4,8,17H2,1H3,(H,18,20). The predicted octanol–water partition coefficient (Wildman–Crippen LogP) is 3.45. The van der Waals surface area contributed by atoms with Crippen LogP contribution in [0.5, 0.6) is 0 Å². The van der Waals surface area contributed by atoms with Crippen LogP contribution < -0.4 is 11.1 Å². The Morgan fingerprint density at radius 3 is 2.95 bits per heavy atom. The van der Waals surface area contributed by atoms with E-state index in [1.807, 2.05) is 0 Å². The van der Waals surface area contributed by atoms with Gasteiger partial charge in [-0.05, 0) is 30.1 Å². The minimum atomic E-state index is -0.356. The summed E-state index contributed by atoms with van der Waals surface area (Å²) in [6.45, 7) is 2.73. The van der Waals surface area contributed by atoms with Crippen LogP contribution in [-0.4, -0.2) is 16.8 Å². The molecule has 4 nitrogen and oxygen atoms in total. The average molecular weight is 307 g/mol. The molecule has 0 saturated carbocycles. The molecule has 0 aliphatic heterocycles. The number of nitrogens with two attached hydrogens (primary N) is 1. The van der Waals surface area contributed by atoms with Gasteiger partial charge < -0.3 is 11.1 Å². The lowest BCUT2D eigenvalue weighted by atomic mass is 10.1. The predicted molar refractivity (Wildman–Crippen MR) is 83.8 cm³/mol. The number of nitrogen functional groups attached to an aromatic ring is 1. The molecule has 0 spiro atoms. The van der Waals surface area contributed by atoms with E-state index in [2.05, 4.69) is 16.6 Å². The molecule has 2 aromatic rings. The zero-order valence-corrected chi connectivity index (χ0v) is 12.7. The maximum atomic E-state index is 13.2. The molecule has 2 rings (SSSR count). The molecule has 0 unspecified atom stereocenters. The van der Waals surface area contributed by atoms with Crippen molar-refractivity contribution in [2.45, 2.75) is 26.2 Å². The van der Waals surface area contributed by atoms with Gasteiger partial charge >= 0.3 is 0 Å². The number of rotatable bonds is 6. The van der Waals surface area contributed by atoms with E-state index in [0.29, 0.717) is 28.4 Å². The van der Waals surface area contributed by atoms with Crippen LogP contribution in [0.3, 0.4) is 0 Å². The molecule has 1 amide bonds. The van der Waals surface area contributed by atoms with Crippen LogP contribution in [0.4, 0.5) is 10.1 Å². The van der Waals surface area contributed by atoms with Gasteiger partial charge in [0.2, 0.25) is 0 Å². The van der Waals surface area contributed by atoms with Crippen molar-refractivity contribution in [2.75, 3.05) is 12.3 Å². The summed E-state index contributed by atoms with van der Waals surface area (Å²) in [4.78, 5) is 12.4. The summed E-state index contributed by atoms with van der Waals surface area (Å²) in [7, 11) is 0. The molecule has 1 aromatic carbocycles. The van der Waals surface area contributed by atoms with Gasteiger partial charge in [-0.15, -0.1) is 0 Å². The van der Waals surface area contributed by atoms with Crippen LogP contribution in [0, 0.1) is 5.82 Å². The number of carbonyl (C=O) groups is 1. The molecule has 0 aliphatic rings. The van der Waals surface area contributed by atoms with Crippen LogP contribution in [0.15, 0.2) is 24.3 Å². The molecular weight excluding hydrogens is 289 g/mol. The Bertz CT molecular complexity index is 627. The van der Waals surface area contributed by atoms with Crippen LogP contribution in [0.2, 0.25) is 0 Å². The van der Waals surface area contributed by atoms with Gasteiger partial charge in [-0.2, -0.15) is 4.37 Å². The van der Waals surface area contributed by atoms with E-state index in [4.69, 9.17) is 5.73 Å². The number of hydrogen-bond donors (Lipinski definition) is 2. The van der Waals surface area contributed by atoms with Crippen molar-refractivity contribution in [3.63, 3.8) is 0 Å². The molecule has 3 N–H and O–H groups in total. The lowest BCUT2D eigenvalue weighted by molar-refractivity contribution is 0.0958. The minimum Gasteiger partial charge on any atom is -0.396 e. The Morgan fingerprint density at radius 1 is 1.43 bits per heavy atom. The highest BCUT2D eigenvalue weighted by atomic mass is 32.1. The molecule has 0 fully saturated rings. The molecule has 21 heavy (non-hydrogen) atoms. The molecule has 112 valence electrons. The Hall–Kier alpha value is -1.95. The molecular formula is C15H18FN3OS. The molecule has 1 heterocycles. The van der Waals surface area contributed by atoms with E-state index in [1.165, 1.54) is 12.1 Å². The molecule has 0 aliphatic carbocycles. The molecule has 0 radical (unpaired) electrons. The first-order chi connectivity index (χ1) is 10.1. The van der Waals surface area contributed by atoms with Gasteiger partial charge in [-0.3, -0.25) is 4.79 Å². The van der Waals surface area contributed by atoms with Gasteiger partial charge in [0.05, 0.1) is 5.69 Å². The maximum absolute atomic E-state index is 13.2. The van der Waals surface area contributed by atoms with Crippen molar-refractivity contribution in [3.8, 4) is 11.3 Å². The van der Waals surface area contributed by atoms with Gasteiger partial charge in [0, 0.05) is 12.1 Å². The number of aromatic nitrogens is 1. The topological polar surface area (TPSA) is 68.0 Å². The normalized spacial score (nSPS) is 10.6. The zero-order chi connectivity index (χ0) is 15.2. The lowest BCUT2D eigenvalue weighted by Gasteiger charge is -2.04. The van der Waals surface area contributed by atoms with E-state index < -0.39 is 0 Å². The maximum Gasteiger partial charge on any atom is 0.265 e. The third-order valence-corrected chi connectivity index (χ3v) is 3.96. The first kappa shape index (κ1) is 15.4. The van der Waals surface area contributed by atoms with Gasteiger partial charge in [0.25, 0.3) is 5.91 Å². The first-order valence-corrected chi connectivity index (χ1v) is 7.70. The quantitative estimate of drug-likeness (QED) is 0.803. The SMILES string of the molecule is CCCCCNC(=O)c1snc(-c2cccc(F)c2)c1N. The summed E-state index contributed by atoms with van der Waals surface area (Å²) < 4.78 is 17.4. The molecule has 1 aromatic heterocycles. The fourth-order valence-electron chi connectivity index (χ4n) is 1.96. The molecule has 0 bridgehead atoms. The van der Waals surface area contributed by atoms with E-state index in [0.717, 1.165) is 30.8 Å². The van der Waals surface area contributed by atoms with Crippen molar-refractivity contribution in [2.24, 2.45) is 0 Å². The van der Waals surface area contributed by atoms with Crippen LogP contribution in [0.1, 0.15) is 35.9 Å². The monoisotopic (exact) mass is 307 g/mol. The van der Waals surface area contributed by atoms with Crippen molar-refractivity contribution in [1.29, 1.82) is 0 Å². The molecule has 0 atom stereocenters. The number of nitrogens with zero attached hydrogens (tertiary/aromatic N) is 1. The number of anilines is 1. The number of carbonyl (C=O) groups excluding carboxylic acids is 1. The molecule has 0 saturated heterocycles. The lowest BCUT2D eigenvalue weighted by Crippen LogP contribution is -2.24. The van der Waals surface area contributed by atoms with Crippen LogP contribution in [0.25, 0.3) is 11.3 Å². The molecule has 6 heteroatoms. The summed E-state index contributed by atoms with van der Waals surface area (Å²) in [5.41, 5.74) is 7.32. The fraction of sp³-hybridized carbons (Fsp3) is 0.333. The van der Waals surface area contributed by atoms with Gasteiger partial charge in [0.15, 0.2) is 0 Å². The summed E-state index contributed by atoms with van der Waals surface area (Å²) in [6, 6.07) is 6.02. The Morgan fingerprint density at radius 2 is 2.24 bits per heavy atom. The number of unbranched alkanes of at least 4 members (excludes halogenated alkanes) is 2. The highest BCUT2D eigenvalue weighted by Gasteiger charge is 2.18. The highest BCUT2D eigenvalue weighted by Crippen LogP contribution is 2.30. The second kappa shape index (κ2) is 7.17. The number of halogens is 1. The number of amides is 1. The number of benzene rings is 1. The largest absolute Gasteiger partial charge is 0.396 e. The summed E-state index contributed by atoms with van der Waals surface area (Å²) in [5.74, 6) is -0.575. The second-order valence-electron chi connectivity index (χ2n) is 4.75. The van der Waals surface area contributed by atoms with Crippen LogP contribution >= 0.6 is 11.5 Å². The third kappa shape index (κ3) is 3.78. The smallest absolute Gasteiger partial charge is 0.265 e. The van der Waals surface area contributed by atoms with Crippen molar-refractivity contribution < 1.29 is 9.18 Å². The third-order valence-electron chi connectivity index (χ3n) is 3.10. The van der Waals surface area contributed by atoms with Gasteiger partial charge in [0.1, 0.15) is 16.4 Å². The van der Waals surface area contributed by atoms with Crippen molar-refractivity contribution >= 4 is 23.1 Å². The van der Waals surface area contributed by atoms with E-state index >= 15 is 0 Å². The second-order valence-corrected chi connectivity index (χ2v) is 5.52. The zero-order valence-electron chi connectivity index (χ0n) is 11.9.